The Morgan fingerprint density at radius 1 is 1.03 bits per heavy atom. The molecule has 0 unspecified atom stereocenters. The Hall–Kier alpha value is -3.35. The molecular weight excluding hydrogens is 404 g/mol. The molecule has 1 saturated heterocycles. The Morgan fingerprint density at radius 2 is 1.72 bits per heavy atom. The van der Waals surface area contributed by atoms with Crippen molar-refractivity contribution in [1.82, 2.24) is 4.90 Å². The molecule has 7 heteroatoms. The van der Waals surface area contributed by atoms with Crippen molar-refractivity contribution in [3.63, 3.8) is 0 Å². The van der Waals surface area contributed by atoms with Crippen LogP contribution in [0.25, 0.3) is 0 Å². The van der Waals surface area contributed by atoms with Crippen molar-refractivity contribution in [1.29, 1.82) is 0 Å². The Bertz CT molecular complexity index is 1030. The van der Waals surface area contributed by atoms with Crippen molar-refractivity contribution in [2.24, 2.45) is 4.99 Å². The second kappa shape index (κ2) is 8.65. The molecule has 2 aliphatic rings. The molecule has 0 radical (unpaired) electrons. The first-order chi connectivity index (χ1) is 15.2. The van der Waals surface area contributed by atoms with Crippen LogP contribution in [-0.2, 0) is 9.53 Å². The maximum absolute atomic E-state index is 12.8. The van der Waals surface area contributed by atoms with Gasteiger partial charge in [-0.05, 0) is 33.8 Å². The normalized spacial score (nSPS) is 18.9. The minimum Gasteiger partial charge on any atom is -0.444 e. The summed E-state index contributed by atoms with van der Waals surface area (Å²) in [6, 6.07) is 15.5. The van der Waals surface area contributed by atoms with E-state index in [0.717, 1.165) is 28.2 Å². The first-order valence-electron chi connectivity index (χ1n) is 11.0. The highest BCUT2D eigenvalue weighted by atomic mass is 16.6. The molecule has 4 rings (SSSR count). The summed E-state index contributed by atoms with van der Waals surface area (Å²) < 4.78 is 5.51. The lowest BCUT2D eigenvalue weighted by Crippen LogP contribution is -2.50. The van der Waals surface area contributed by atoms with Crippen molar-refractivity contribution >= 4 is 29.1 Å². The number of hydrogen-bond acceptors (Lipinski definition) is 5. The van der Waals surface area contributed by atoms with Gasteiger partial charge in [-0.2, -0.15) is 0 Å². The SMILES string of the molecule is C[C@H]1N=C(c2ccccc2)c2cccc(N3CCN(C(=O)OC(C)(C)C)CC3)c2NC1=O. The van der Waals surface area contributed by atoms with E-state index in [1.807, 2.05) is 76.2 Å². The molecule has 0 spiro atoms. The largest absolute Gasteiger partial charge is 0.444 e. The van der Waals surface area contributed by atoms with Crippen molar-refractivity contribution in [3.8, 4) is 0 Å². The van der Waals surface area contributed by atoms with Crippen LogP contribution in [0.2, 0.25) is 0 Å². The van der Waals surface area contributed by atoms with Gasteiger partial charge < -0.3 is 19.9 Å². The van der Waals surface area contributed by atoms with Crippen LogP contribution >= 0.6 is 0 Å². The Morgan fingerprint density at radius 3 is 2.38 bits per heavy atom. The first kappa shape index (κ1) is 21.9. The monoisotopic (exact) mass is 434 g/mol. The molecule has 7 nitrogen and oxygen atoms in total. The van der Waals surface area contributed by atoms with E-state index < -0.39 is 11.6 Å². The molecule has 1 fully saturated rings. The number of carbonyl (C=O) groups is 2. The van der Waals surface area contributed by atoms with E-state index >= 15 is 0 Å². The van der Waals surface area contributed by atoms with Gasteiger partial charge in [0, 0.05) is 37.3 Å². The molecule has 0 aromatic heterocycles. The first-order valence-corrected chi connectivity index (χ1v) is 11.0. The van der Waals surface area contributed by atoms with Crippen LogP contribution in [0.4, 0.5) is 16.2 Å². The number of carbonyl (C=O) groups excluding carboxylic acids is 2. The molecule has 2 aromatic rings. The van der Waals surface area contributed by atoms with Gasteiger partial charge in [0.15, 0.2) is 0 Å². The summed E-state index contributed by atoms with van der Waals surface area (Å²) in [7, 11) is 0. The van der Waals surface area contributed by atoms with Gasteiger partial charge in [0.05, 0.1) is 17.1 Å². The van der Waals surface area contributed by atoms with E-state index in [2.05, 4.69) is 10.2 Å². The summed E-state index contributed by atoms with van der Waals surface area (Å²) in [4.78, 5) is 33.9. The van der Waals surface area contributed by atoms with Gasteiger partial charge in [0.25, 0.3) is 0 Å². The third kappa shape index (κ3) is 4.61. The van der Waals surface area contributed by atoms with Crippen LogP contribution in [0.15, 0.2) is 53.5 Å². The molecule has 2 amide bonds. The molecule has 32 heavy (non-hydrogen) atoms. The van der Waals surface area contributed by atoms with E-state index in [9.17, 15) is 9.59 Å². The number of para-hydroxylation sites is 1. The summed E-state index contributed by atoms with van der Waals surface area (Å²) in [5, 5.41) is 3.10. The van der Waals surface area contributed by atoms with E-state index in [-0.39, 0.29) is 12.0 Å². The highest BCUT2D eigenvalue weighted by Gasteiger charge is 2.29. The van der Waals surface area contributed by atoms with Crippen LogP contribution in [0.1, 0.15) is 38.8 Å². The molecule has 1 N–H and O–H groups in total. The maximum atomic E-state index is 12.8. The topological polar surface area (TPSA) is 74.2 Å². The number of amides is 2. The Balaban J connectivity index is 1.62. The third-order valence-corrected chi connectivity index (χ3v) is 5.57. The quantitative estimate of drug-likeness (QED) is 0.777. The number of benzene rings is 2. The number of piperazine rings is 1. The number of nitrogens with one attached hydrogen (secondary N) is 1. The van der Waals surface area contributed by atoms with Gasteiger partial charge in [-0.15, -0.1) is 0 Å². The van der Waals surface area contributed by atoms with Crippen molar-refractivity contribution in [2.45, 2.75) is 39.3 Å². The van der Waals surface area contributed by atoms with Crippen molar-refractivity contribution in [3.05, 3.63) is 59.7 Å². The van der Waals surface area contributed by atoms with Gasteiger partial charge in [-0.3, -0.25) is 9.79 Å². The minimum atomic E-state index is -0.515. The van der Waals surface area contributed by atoms with Gasteiger partial charge in [0.1, 0.15) is 11.6 Å². The Labute approximate surface area is 189 Å². The summed E-state index contributed by atoms with van der Waals surface area (Å²) in [6.07, 6.45) is -0.287. The molecule has 0 saturated carbocycles. The van der Waals surface area contributed by atoms with Crippen LogP contribution in [0.5, 0.6) is 0 Å². The molecule has 2 heterocycles. The predicted molar refractivity (Wildman–Crippen MR) is 127 cm³/mol. The molecular formula is C25H30N4O3. The van der Waals surface area contributed by atoms with Crippen LogP contribution in [0, 0.1) is 0 Å². The highest BCUT2D eigenvalue weighted by molar-refractivity contribution is 6.21. The number of rotatable bonds is 2. The highest BCUT2D eigenvalue weighted by Crippen LogP contribution is 2.34. The molecule has 168 valence electrons. The third-order valence-electron chi connectivity index (χ3n) is 5.57. The van der Waals surface area contributed by atoms with Crippen molar-refractivity contribution in [2.75, 3.05) is 36.4 Å². The predicted octanol–water partition coefficient (Wildman–Crippen LogP) is 3.92. The molecule has 2 aromatic carbocycles. The Kier molecular flexibility index (Phi) is 5.91. The zero-order valence-corrected chi connectivity index (χ0v) is 19.1. The molecule has 2 aliphatic heterocycles. The number of anilines is 2. The lowest BCUT2D eigenvalue weighted by atomic mass is 9.99. The zero-order valence-electron chi connectivity index (χ0n) is 19.1. The average Bonchev–Trinajstić information content (AvgIpc) is 2.89. The summed E-state index contributed by atoms with van der Waals surface area (Å²) in [5.74, 6) is -0.128. The van der Waals surface area contributed by atoms with Crippen molar-refractivity contribution < 1.29 is 14.3 Å². The van der Waals surface area contributed by atoms with E-state index in [0.29, 0.717) is 26.2 Å². The van der Waals surface area contributed by atoms with E-state index in [1.54, 1.807) is 4.90 Å². The van der Waals surface area contributed by atoms with Crippen LogP contribution < -0.4 is 10.2 Å². The number of hydrogen-bond donors (Lipinski definition) is 1. The number of aliphatic imine (C=N–C) groups is 1. The average molecular weight is 435 g/mol. The van der Waals surface area contributed by atoms with Crippen LogP contribution in [0.3, 0.4) is 0 Å². The number of benzodiazepines with no additional fused rings is 1. The lowest BCUT2D eigenvalue weighted by Gasteiger charge is -2.37. The number of nitrogens with zero attached hydrogens (tertiary/aromatic N) is 3. The number of ether oxygens (including phenoxy) is 1. The maximum Gasteiger partial charge on any atom is 0.410 e. The summed E-state index contributed by atoms with van der Waals surface area (Å²) in [5.41, 5.74) is 3.89. The molecule has 0 aliphatic carbocycles. The lowest BCUT2D eigenvalue weighted by molar-refractivity contribution is -0.116. The van der Waals surface area contributed by atoms with Gasteiger partial charge in [-0.25, -0.2) is 4.79 Å². The van der Waals surface area contributed by atoms with Gasteiger partial charge in [0.2, 0.25) is 5.91 Å². The van der Waals surface area contributed by atoms with Gasteiger partial charge in [-0.1, -0.05) is 42.5 Å². The standard InChI is InChI=1S/C25H30N4O3/c1-17-23(30)27-22-19(21(26-17)18-9-6-5-7-10-18)11-8-12-20(22)28-13-15-29(16-14-28)24(31)32-25(2,3)4/h5-12,17H,13-16H2,1-4H3,(H,27,30)/t17-/m1/s1. The second-order valence-corrected chi connectivity index (χ2v) is 9.16. The van der Waals surface area contributed by atoms with Gasteiger partial charge >= 0.3 is 6.09 Å². The van der Waals surface area contributed by atoms with Crippen LogP contribution in [-0.4, -0.2) is 60.4 Å². The summed E-state index contributed by atoms with van der Waals surface area (Å²) >= 11 is 0. The fourth-order valence-electron chi connectivity index (χ4n) is 3.96. The fraction of sp³-hybridized carbons (Fsp3) is 0.400. The fourth-order valence-corrected chi connectivity index (χ4v) is 3.96. The zero-order chi connectivity index (χ0) is 22.9. The smallest absolute Gasteiger partial charge is 0.410 e. The molecule has 0 bridgehead atoms. The number of fused-ring (bicyclic) bond motifs is 1. The second-order valence-electron chi connectivity index (χ2n) is 9.16. The minimum absolute atomic E-state index is 0.128. The summed E-state index contributed by atoms with van der Waals surface area (Å²) in [6.45, 7) is 9.84. The molecule has 1 atom stereocenters. The van der Waals surface area contributed by atoms with E-state index in [1.165, 1.54) is 0 Å². The van der Waals surface area contributed by atoms with E-state index in [4.69, 9.17) is 9.73 Å².